The van der Waals surface area contributed by atoms with Crippen LogP contribution in [0.1, 0.15) is 24.4 Å². The lowest BCUT2D eigenvalue weighted by Gasteiger charge is -2.32. The molecule has 0 aromatic heterocycles. The number of carbonyl (C=O) groups is 2. The lowest BCUT2D eigenvalue weighted by molar-refractivity contribution is -0.145. The van der Waals surface area contributed by atoms with Gasteiger partial charge in [0.25, 0.3) is 5.91 Å². The maximum atomic E-state index is 12.3. The maximum Gasteiger partial charge on any atom is 0.250 e. The smallest absolute Gasteiger partial charge is 0.250 e. The van der Waals surface area contributed by atoms with Crippen molar-refractivity contribution >= 4 is 11.8 Å². The fraction of sp³-hybridized carbons (Fsp3) is 0.385. The number of rotatable bonds is 2. The third-order valence-electron chi connectivity index (χ3n) is 3.27. The zero-order valence-electron chi connectivity index (χ0n) is 9.43. The van der Waals surface area contributed by atoms with Gasteiger partial charge in [-0.25, -0.2) is 0 Å². The zero-order chi connectivity index (χ0) is 11.8. The first-order valence-corrected chi connectivity index (χ1v) is 5.90. The van der Waals surface area contributed by atoms with Crippen molar-refractivity contribution in [2.75, 3.05) is 6.54 Å². The molecular weight excluding hydrogens is 216 g/mol. The Hall–Kier alpha value is -1.84. The van der Waals surface area contributed by atoms with Gasteiger partial charge in [0.15, 0.2) is 0 Å². The monoisotopic (exact) mass is 230 g/mol. The molecule has 1 aromatic carbocycles. The molecule has 4 nitrogen and oxygen atoms in total. The van der Waals surface area contributed by atoms with Gasteiger partial charge in [0.2, 0.25) is 5.91 Å². The molecule has 0 bridgehead atoms. The second-order valence-corrected chi connectivity index (χ2v) is 4.61. The molecule has 1 aromatic rings. The number of carbonyl (C=O) groups excluding carboxylic acids is 2. The number of nitrogens with one attached hydrogen (secondary N) is 1. The van der Waals surface area contributed by atoms with Crippen LogP contribution in [0.15, 0.2) is 30.3 Å². The van der Waals surface area contributed by atoms with Crippen molar-refractivity contribution < 1.29 is 9.59 Å². The Bertz CT molecular complexity index is 454. The van der Waals surface area contributed by atoms with Crippen molar-refractivity contribution in [3.8, 4) is 0 Å². The minimum atomic E-state index is -0.502. The van der Waals surface area contributed by atoms with Gasteiger partial charge in [0.05, 0.1) is 6.54 Å². The van der Waals surface area contributed by atoms with Crippen LogP contribution in [0.25, 0.3) is 0 Å². The molecule has 0 spiro atoms. The van der Waals surface area contributed by atoms with E-state index >= 15 is 0 Å². The summed E-state index contributed by atoms with van der Waals surface area (Å²) in [5.74, 6) is -0.0383. The first-order valence-electron chi connectivity index (χ1n) is 5.90. The maximum absolute atomic E-state index is 12.3. The molecule has 1 saturated heterocycles. The van der Waals surface area contributed by atoms with Crippen molar-refractivity contribution in [2.24, 2.45) is 0 Å². The molecule has 88 valence electrons. The molecule has 0 unspecified atom stereocenters. The third-order valence-corrected chi connectivity index (χ3v) is 3.27. The molecule has 2 aliphatic rings. The van der Waals surface area contributed by atoms with Crippen molar-refractivity contribution in [3.05, 3.63) is 35.9 Å². The van der Waals surface area contributed by atoms with E-state index in [0.717, 1.165) is 18.4 Å². The molecule has 1 aliphatic heterocycles. The summed E-state index contributed by atoms with van der Waals surface area (Å²) in [5, 5.41) is 2.76. The van der Waals surface area contributed by atoms with E-state index in [0.29, 0.717) is 6.04 Å². The zero-order valence-corrected chi connectivity index (χ0v) is 9.43. The summed E-state index contributed by atoms with van der Waals surface area (Å²) >= 11 is 0. The quantitative estimate of drug-likeness (QED) is 0.818. The molecule has 0 radical (unpaired) electrons. The fourth-order valence-corrected chi connectivity index (χ4v) is 2.23. The molecule has 2 fully saturated rings. The summed E-state index contributed by atoms with van der Waals surface area (Å²) in [6.45, 7) is 0.215. The standard InChI is InChI=1S/C13H14N2O2/c16-11-8-15(10-6-7-10)13(17)12(14-11)9-4-2-1-3-5-9/h1-5,10,12H,6-8H2,(H,14,16)/t12-/m1/s1. The van der Waals surface area contributed by atoms with E-state index in [1.54, 1.807) is 4.90 Å². The van der Waals surface area contributed by atoms with Crippen molar-refractivity contribution in [3.63, 3.8) is 0 Å². The summed E-state index contributed by atoms with van der Waals surface area (Å²) in [4.78, 5) is 25.6. The number of benzene rings is 1. The molecule has 1 N–H and O–H groups in total. The molecule has 17 heavy (non-hydrogen) atoms. The molecule has 2 amide bonds. The van der Waals surface area contributed by atoms with Gasteiger partial charge in [-0.05, 0) is 18.4 Å². The van der Waals surface area contributed by atoms with Crippen LogP contribution in [0.4, 0.5) is 0 Å². The third kappa shape index (κ3) is 1.90. The van der Waals surface area contributed by atoms with Gasteiger partial charge in [-0.3, -0.25) is 9.59 Å². The molecule has 1 saturated carbocycles. The van der Waals surface area contributed by atoms with Gasteiger partial charge in [0, 0.05) is 6.04 Å². The van der Waals surface area contributed by atoms with E-state index in [1.165, 1.54) is 0 Å². The molecule has 1 aliphatic carbocycles. The van der Waals surface area contributed by atoms with Crippen LogP contribution in [0.5, 0.6) is 0 Å². The van der Waals surface area contributed by atoms with Gasteiger partial charge < -0.3 is 10.2 Å². The SMILES string of the molecule is O=C1CN(C2CC2)C(=O)[C@@H](c2ccccc2)N1. The molecule has 1 atom stereocenters. The average molecular weight is 230 g/mol. The summed E-state index contributed by atoms with van der Waals surface area (Å²) in [6, 6.07) is 9.20. The van der Waals surface area contributed by atoms with Crippen LogP contribution in [0.3, 0.4) is 0 Å². The van der Waals surface area contributed by atoms with E-state index in [1.807, 2.05) is 30.3 Å². The highest BCUT2D eigenvalue weighted by Crippen LogP contribution is 2.31. The number of piperazine rings is 1. The minimum absolute atomic E-state index is 0.0262. The number of hydrogen-bond donors (Lipinski definition) is 1. The Morgan fingerprint density at radius 3 is 2.47 bits per heavy atom. The van der Waals surface area contributed by atoms with E-state index in [4.69, 9.17) is 0 Å². The number of nitrogens with zero attached hydrogens (tertiary/aromatic N) is 1. The number of amides is 2. The van der Waals surface area contributed by atoms with E-state index < -0.39 is 6.04 Å². The van der Waals surface area contributed by atoms with Crippen LogP contribution in [0.2, 0.25) is 0 Å². The highest BCUT2D eigenvalue weighted by molar-refractivity contribution is 5.95. The first-order chi connectivity index (χ1) is 8.25. The van der Waals surface area contributed by atoms with E-state index in [-0.39, 0.29) is 18.4 Å². The van der Waals surface area contributed by atoms with Gasteiger partial charge in [0.1, 0.15) is 6.04 Å². The Morgan fingerprint density at radius 2 is 1.82 bits per heavy atom. The highest BCUT2D eigenvalue weighted by atomic mass is 16.2. The second kappa shape index (κ2) is 3.87. The van der Waals surface area contributed by atoms with Crippen molar-refractivity contribution in [1.29, 1.82) is 0 Å². The van der Waals surface area contributed by atoms with Crippen LogP contribution in [-0.2, 0) is 9.59 Å². The summed E-state index contributed by atoms with van der Waals surface area (Å²) < 4.78 is 0. The Kier molecular flexibility index (Phi) is 2.35. The molecule has 4 heteroatoms. The van der Waals surface area contributed by atoms with E-state index in [2.05, 4.69) is 5.32 Å². The van der Waals surface area contributed by atoms with Crippen LogP contribution in [-0.4, -0.2) is 29.3 Å². The summed E-state index contributed by atoms with van der Waals surface area (Å²) in [6.07, 6.45) is 2.06. The molecular formula is C13H14N2O2. The van der Waals surface area contributed by atoms with Gasteiger partial charge in [-0.1, -0.05) is 30.3 Å². The fourth-order valence-electron chi connectivity index (χ4n) is 2.23. The average Bonchev–Trinajstić information content (AvgIpc) is 3.17. The van der Waals surface area contributed by atoms with Gasteiger partial charge in [-0.2, -0.15) is 0 Å². The molecule has 3 rings (SSSR count). The summed E-state index contributed by atoms with van der Waals surface area (Å²) in [5.41, 5.74) is 0.858. The Labute approximate surface area is 99.6 Å². The second-order valence-electron chi connectivity index (χ2n) is 4.61. The Balaban J connectivity index is 1.88. The minimum Gasteiger partial charge on any atom is -0.339 e. The number of hydrogen-bond acceptors (Lipinski definition) is 2. The lowest BCUT2D eigenvalue weighted by Crippen LogP contribution is -2.54. The van der Waals surface area contributed by atoms with Crippen LogP contribution in [0, 0.1) is 0 Å². The topological polar surface area (TPSA) is 49.4 Å². The van der Waals surface area contributed by atoms with Crippen LogP contribution >= 0.6 is 0 Å². The largest absolute Gasteiger partial charge is 0.339 e. The Morgan fingerprint density at radius 1 is 1.12 bits per heavy atom. The normalized spacial score (nSPS) is 24.7. The highest BCUT2D eigenvalue weighted by Gasteiger charge is 2.41. The first kappa shape index (κ1) is 10.3. The van der Waals surface area contributed by atoms with Gasteiger partial charge in [-0.15, -0.1) is 0 Å². The van der Waals surface area contributed by atoms with Gasteiger partial charge >= 0.3 is 0 Å². The molecule has 1 heterocycles. The van der Waals surface area contributed by atoms with Crippen LogP contribution < -0.4 is 5.32 Å². The lowest BCUT2D eigenvalue weighted by atomic mass is 10.0. The van der Waals surface area contributed by atoms with Crippen molar-refractivity contribution in [2.45, 2.75) is 24.9 Å². The van der Waals surface area contributed by atoms with Crippen molar-refractivity contribution in [1.82, 2.24) is 10.2 Å². The van der Waals surface area contributed by atoms with E-state index in [9.17, 15) is 9.59 Å². The predicted octanol–water partition coefficient (Wildman–Crippen LogP) is 0.849. The predicted molar refractivity (Wildman–Crippen MR) is 62.1 cm³/mol. The summed E-state index contributed by atoms with van der Waals surface area (Å²) in [7, 11) is 0.